The van der Waals surface area contributed by atoms with E-state index < -0.39 is 22.0 Å². The van der Waals surface area contributed by atoms with Crippen LogP contribution in [-0.2, 0) is 11.0 Å². The molecule has 0 aliphatic heterocycles. The second-order valence-corrected chi connectivity index (χ2v) is 6.32. The maximum Gasteiger partial charge on any atom is 0.420 e. The van der Waals surface area contributed by atoms with Crippen molar-refractivity contribution in [2.24, 2.45) is 0 Å². The summed E-state index contributed by atoms with van der Waals surface area (Å²) in [5, 5.41) is 2.40. The van der Waals surface area contributed by atoms with Crippen molar-refractivity contribution in [1.29, 1.82) is 0 Å². The van der Waals surface area contributed by atoms with E-state index in [2.05, 4.69) is 26.0 Å². The molecule has 3 nitrogen and oxygen atoms in total. The van der Waals surface area contributed by atoms with Gasteiger partial charge in [0.25, 0.3) is 0 Å². The van der Waals surface area contributed by atoms with E-state index in [9.17, 15) is 18.0 Å². The largest absolute Gasteiger partial charge is 0.496 e. The molecule has 106 valence electrons. The Kier molecular flexibility index (Phi) is 4.50. The van der Waals surface area contributed by atoms with E-state index in [1.54, 1.807) is 13.8 Å². The van der Waals surface area contributed by atoms with Gasteiger partial charge in [-0.3, -0.25) is 4.79 Å². The maximum absolute atomic E-state index is 12.8. The van der Waals surface area contributed by atoms with Crippen LogP contribution in [0.1, 0.15) is 19.4 Å². The molecule has 0 unspecified atom stereocenters. The Morgan fingerprint density at radius 3 is 2.32 bits per heavy atom. The zero-order valence-electron chi connectivity index (χ0n) is 10.6. The number of ether oxygens (including phenoxy) is 1. The summed E-state index contributed by atoms with van der Waals surface area (Å²) in [6.45, 7) is 3.19. The third-order valence-corrected chi connectivity index (χ3v) is 2.66. The summed E-state index contributed by atoms with van der Waals surface area (Å²) in [6.07, 6.45) is -4.55. The SMILES string of the molecule is COc1ccc(NC(=O)C(C)(C)Br)cc1C(F)(F)F. The molecule has 1 aromatic rings. The minimum Gasteiger partial charge on any atom is -0.496 e. The molecule has 0 fully saturated rings. The van der Waals surface area contributed by atoms with Crippen molar-refractivity contribution in [3.63, 3.8) is 0 Å². The number of halogens is 4. The number of methoxy groups -OCH3 is 1. The van der Waals surface area contributed by atoms with Gasteiger partial charge in [0, 0.05) is 5.69 Å². The van der Waals surface area contributed by atoms with Gasteiger partial charge in [-0.1, -0.05) is 15.9 Å². The van der Waals surface area contributed by atoms with Gasteiger partial charge in [0.2, 0.25) is 5.91 Å². The summed E-state index contributed by atoms with van der Waals surface area (Å²) in [7, 11) is 1.16. The molecule has 0 saturated carbocycles. The van der Waals surface area contributed by atoms with Crippen LogP contribution in [0.25, 0.3) is 0 Å². The second kappa shape index (κ2) is 5.40. The minimum atomic E-state index is -4.55. The van der Waals surface area contributed by atoms with Gasteiger partial charge in [-0.15, -0.1) is 0 Å². The standard InChI is InChI=1S/C12H13BrF3NO2/c1-11(2,13)10(18)17-7-4-5-9(19-3)8(6-7)12(14,15)16/h4-6H,1-3H3,(H,17,18). The van der Waals surface area contributed by atoms with Crippen LogP contribution in [0.5, 0.6) is 5.75 Å². The molecule has 0 atom stereocenters. The molecule has 0 aliphatic carbocycles. The van der Waals surface area contributed by atoms with E-state index >= 15 is 0 Å². The molecule has 0 saturated heterocycles. The Balaban J connectivity index is 3.10. The van der Waals surface area contributed by atoms with Gasteiger partial charge in [0.15, 0.2) is 0 Å². The Bertz CT molecular complexity index is 481. The van der Waals surface area contributed by atoms with Crippen molar-refractivity contribution in [3.8, 4) is 5.75 Å². The molecule has 19 heavy (non-hydrogen) atoms. The summed E-state index contributed by atoms with van der Waals surface area (Å²) in [5.74, 6) is -0.727. The molecule has 0 bridgehead atoms. The number of carbonyl (C=O) groups is 1. The molecule has 0 spiro atoms. The number of hydrogen-bond donors (Lipinski definition) is 1. The lowest BCUT2D eigenvalue weighted by Gasteiger charge is -2.18. The van der Waals surface area contributed by atoms with Gasteiger partial charge in [-0.25, -0.2) is 0 Å². The van der Waals surface area contributed by atoms with Crippen LogP contribution in [0.3, 0.4) is 0 Å². The Morgan fingerprint density at radius 2 is 1.89 bits per heavy atom. The van der Waals surface area contributed by atoms with Crippen LogP contribution in [0.2, 0.25) is 0 Å². The minimum absolute atomic E-state index is 0.0608. The highest BCUT2D eigenvalue weighted by atomic mass is 79.9. The fourth-order valence-corrected chi connectivity index (χ4v) is 1.39. The second-order valence-electron chi connectivity index (χ2n) is 4.34. The van der Waals surface area contributed by atoms with Gasteiger partial charge >= 0.3 is 6.18 Å². The van der Waals surface area contributed by atoms with E-state index in [4.69, 9.17) is 0 Å². The Hall–Kier alpha value is -1.24. The Morgan fingerprint density at radius 1 is 1.32 bits per heavy atom. The molecule has 1 aromatic carbocycles. The lowest BCUT2D eigenvalue weighted by molar-refractivity contribution is -0.138. The maximum atomic E-state index is 12.8. The average molecular weight is 340 g/mol. The van der Waals surface area contributed by atoms with Crippen molar-refractivity contribution < 1.29 is 22.7 Å². The third kappa shape index (κ3) is 4.12. The molecule has 0 aromatic heterocycles. The first-order valence-corrected chi connectivity index (χ1v) is 6.10. The van der Waals surface area contributed by atoms with Crippen molar-refractivity contribution in [3.05, 3.63) is 23.8 Å². The van der Waals surface area contributed by atoms with Crippen molar-refractivity contribution >= 4 is 27.5 Å². The quantitative estimate of drug-likeness (QED) is 0.850. The number of carbonyl (C=O) groups excluding carboxylic acids is 1. The number of nitrogens with one attached hydrogen (secondary N) is 1. The number of anilines is 1. The molecule has 1 rings (SSSR count). The van der Waals surface area contributed by atoms with Crippen LogP contribution in [0.15, 0.2) is 18.2 Å². The molecule has 0 aliphatic rings. The fraction of sp³-hybridized carbons (Fsp3) is 0.417. The van der Waals surface area contributed by atoms with Crippen molar-refractivity contribution in [2.45, 2.75) is 24.3 Å². The number of hydrogen-bond acceptors (Lipinski definition) is 2. The third-order valence-electron chi connectivity index (χ3n) is 2.30. The average Bonchev–Trinajstić information content (AvgIpc) is 2.26. The van der Waals surface area contributed by atoms with Crippen molar-refractivity contribution in [2.75, 3.05) is 12.4 Å². The van der Waals surface area contributed by atoms with Crippen molar-refractivity contribution in [1.82, 2.24) is 0 Å². The number of alkyl halides is 4. The molecule has 1 N–H and O–H groups in total. The van der Waals surface area contributed by atoms with Gasteiger partial charge in [0.1, 0.15) is 5.75 Å². The smallest absolute Gasteiger partial charge is 0.420 e. The van der Waals surface area contributed by atoms with Crippen LogP contribution in [-0.4, -0.2) is 17.3 Å². The van der Waals surface area contributed by atoms with Gasteiger partial charge in [-0.05, 0) is 32.0 Å². The van der Waals surface area contributed by atoms with E-state index in [1.807, 2.05) is 0 Å². The fourth-order valence-electron chi connectivity index (χ4n) is 1.29. The summed E-state index contributed by atoms with van der Waals surface area (Å²) < 4.78 is 42.1. The lowest BCUT2D eigenvalue weighted by Crippen LogP contribution is -2.31. The van der Waals surface area contributed by atoms with E-state index in [1.165, 1.54) is 12.1 Å². The summed E-state index contributed by atoms with van der Waals surface area (Å²) in [5.41, 5.74) is -0.870. The first kappa shape index (κ1) is 15.8. The van der Waals surface area contributed by atoms with Crippen LogP contribution in [0, 0.1) is 0 Å². The monoisotopic (exact) mass is 339 g/mol. The highest BCUT2D eigenvalue weighted by Crippen LogP contribution is 2.37. The van der Waals surface area contributed by atoms with Crippen LogP contribution in [0.4, 0.5) is 18.9 Å². The topological polar surface area (TPSA) is 38.3 Å². The van der Waals surface area contributed by atoms with Crippen LogP contribution < -0.4 is 10.1 Å². The van der Waals surface area contributed by atoms with Gasteiger partial charge in [0.05, 0.1) is 17.0 Å². The highest BCUT2D eigenvalue weighted by Gasteiger charge is 2.35. The predicted molar refractivity (Wildman–Crippen MR) is 69.6 cm³/mol. The zero-order valence-corrected chi connectivity index (χ0v) is 12.1. The van der Waals surface area contributed by atoms with Crippen LogP contribution >= 0.6 is 15.9 Å². The first-order chi connectivity index (χ1) is 8.55. The van der Waals surface area contributed by atoms with Gasteiger partial charge < -0.3 is 10.1 Å². The molecular weight excluding hydrogens is 327 g/mol. The number of rotatable bonds is 3. The zero-order chi connectivity index (χ0) is 14.8. The molecule has 0 heterocycles. The first-order valence-electron chi connectivity index (χ1n) is 5.31. The summed E-state index contributed by atoms with van der Waals surface area (Å²) in [6, 6.07) is 3.36. The highest BCUT2D eigenvalue weighted by molar-refractivity contribution is 9.10. The normalized spacial score (nSPS) is 12.2. The lowest BCUT2D eigenvalue weighted by atomic mass is 10.1. The molecular formula is C12H13BrF3NO2. The number of amides is 1. The molecule has 1 amide bonds. The summed E-state index contributed by atoms with van der Waals surface area (Å²) >= 11 is 3.13. The Labute approximate surface area is 117 Å². The molecule has 0 radical (unpaired) electrons. The predicted octanol–water partition coefficient (Wildman–Crippen LogP) is 3.83. The summed E-state index contributed by atoms with van der Waals surface area (Å²) in [4.78, 5) is 11.7. The van der Waals surface area contributed by atoms with E-state index in [0.29, 0.717) is 0 Å². The van der Waals surface area contributed by atoms with E-state index in [-0.39, 0.29) is 11.4 Å². The van der Waals surface area contributed by atoms with Gasteiger partial charge in [-0.2, -0.15) is 13.2 Å². The molecule has 7 heteroatoms. The number of benzene rings is 1. The van der Waals surface area contributed by atoms with E-state index in [0.717, 1.165) is 13.2 Å².